The summed E-state index contributed by atoms with van der Waals surface area (Å²) in [6.07, 6.45) is 8.54. The summed E-state index contributed by atoms with van der Waals surface area (Å²) >= 11 is 0. The molecule has 1 aliphatic heterocycles. The van der Waals surface area contributed by atoms with Gasteiger partial charge < -0.3 is 16.0 Å². The van der Waals surface area contributed by atoms with E-state index in [1.165, 1.54) is 12.8 Å². The Bertz CT molecular complexity index is 879. The molecule has 2 amide bonds. The maximum absolute atomic E-state index is 12.6. The highest BCUT2D eigenvalue weighted by Crippen LogP contribution is 2.21. The van der Waals surface area contributed by atoms with Crippen molar-refractivity contribution in [3.63, 3.8) is 0 Å². The number of hydrogen-bond donors (Lipinski definition) is 3. The number of rotatable bonds is 5. The number of piperidine rings is 1. The molecule has 3 N–H and O–H groups in total. The first-order chi connectivity index (χ1) is 14.1. The van der Waals surface area contributed by atoms with Crippen LogP contribution in [-0.2, 0) is 0 Å². The Kier molecular flexibility index (Phi) is 5.94. The molecule has 0 bridgehead atoms. The van der Waals surface area contributed by atoms with Crippen molar-refractivity contribution >= 4 is 17.5 Å². The molecule has 7 nitrogen and oxygen atoms in total. The van der Waals surface area contributed by atoms with Gasteiger partial charge in [-0.05, 0) is 69.0 Å². The van der Waals surface area contributed by atoms with Gasteiger partial charge in [-0.1, -0.05) is 12.8 Å². The zero-order valence-electron chi connectivity index (χ0n) is 16.9. The molecule has 2 fully saturated rings. The van der Waals surface area contributed by atoms with Gasteiger partial charge in [0.05, 0.1) is 6.04 Å². The SMILES string of the molecule is Cc1cc(C(=O)NC2CCCC2)ccc1NC(=O)c1ccn(C2CCCNC2)n1. The van der Waals surface area contributed by atoms with Gasteiger partial charge in [-0.25, -0.2) is 0 Å². The third-order valence-electron chi connectivity index (χ3n) is 5.91. The molecule has 154 valence electrons. The lowest BCUT2D eigenvalue weighted by Gasteiger charge is -2.22. The highest BCUT2D eigenvalue weighted by atomic mass is 16.2. The number of nitrogens with one attached hydrogen (secondary N) is 3. The van der Waals surface area contributed by atoms with Crippen molar-refractivity contribution in [1.82, 2.24) is 20.4 Å². The largest absolute Gasteiger partial charge is 0.349 e. The van der Waals surface area contributed by atoms with Crippen molar-refractivity contribution in [3.05, 3.63) is 47.3 Å². The van der Waals surface area contributed by atoms with Gasteiger partial charge >= 0.3 is 0 Å². The van der Waals surface area contributed by atoms with E-state index in [1.807, 2.05) is 23.9 Å². The van der Waals surface area contributed by atoms with E-state index >= 15 is 0 Å². The predicted octanol–water partition coefficient (Wildman–Crippen LogP) is 3.04. The average Bonchev–Trinajstić information content (AvgIpc) is 3.42. The van der Waals surface area contributed by atoms with Crippen LogP contribution in [0.2, 0.25) is 0 Å². The number of hydrogen-bond acceptors (Lipinski definition) is 4. The quantitative estimate of drug-likeness (QED) is 0.726. The summed E-state index contributed by atoms with van der Waals surface area (Å²) in [5, 5.41) is 13.8. The van der Waals surface area contributed by atoms with E-state index in [-0.39, 0.29) is 17.9 Å². The number of benzene rings is 1. The van der Waals surface area contributed by atoms with E-state index in [4.69, 9.17) is 0 Å². The van der Waals surface area contributed by atoms with E-state index in [9.17, 15) is 9.59 Å². The number of nitrogens with zero attached hydrogens (tertiary/aromatic N) is 2. The van der Waals surface area contributed by atoms with Crippen molar-refractivity contribution in [2.75, 3.05) is 18.4 Å². The van der Waals surface area contributed by atoms with E-state index in [1.54, 1.807) is 18.2 Å². The number of carbonyl (C=O) groups is 2. The second-order valence-electron chi connectivity index (χ2n) is 8.12. The Morgan fingerprint density at radius 1 is 1.10 bits per heavy atom. The van der Waals surface area contributed by atoms with Crippen LogP contribution in [-0.4, -0.2) is 40.7 Å². The predicted molar refractivity (Wildman–Crippen MR) is 112 cm³/mol. The molecule has 2 aliphatic rings. The van der Waals surface area contributed by atoms with E-state index in [0.717, 1.165) is 44.3 Å². The molecule has 1 aromatic heterocycles. The van der Waals surface area contributed by atoms with Crippen LogP contribution >= 0.6 is 0 Å². The molecule has 1 saturated heterocycles. The van der Waals surface area contributed by atoms with Crippen LogP contribution in [0.1, 0.15) is 71.0 Å². The third kappa shape index (κ3) is 4.67. The van der Waals surface area contributed by atoms with Gasteiger partial charge in [0.2, 0.25) is 0 Å². The minimum atomic E-state index is -0.237. The number of aryl methyl sites for hydroxylation is 1. The normalized spacial score (nSPS) is 19.8. The van der Waals surface area contributed by atoms with E-state index < -0.39 is 0 Å². The molecular weight excluding hydrogens is 366 g/mol. The first-order valence-corrected chi connectivity index (χ1v) is 10.6. The molecule has 0 radical (unpaired) electrons. The molecule has 2 aromatic rings. The molecule has 0 spiro atoms. The number of amides is 2. The Hall–Kier alpha value is -2.67. The fourth-order valence-electron chi connectivity index (χ4n) is 4.19. The van der Waals surface area contributed by atoms with Gasteiger partial charge in [0, 0.05) is 30.0 Å². The van der Waals surface area contributed by atoms with Crippen LogP contribution in [0.25, 0.3) is 0 Å². The molecular formula is C22H29N5O2. The Morgan fingerprint density at radius 2 is 1.93 bits per heavy atom. The second-order valence-corrected chi connectivity index (χ2v) is 8.12. The van der Waals surface area contributed by atoms with Crippen LogP contribution in [0.4, 0.5) is 5.69 Å². The number of anilines is 1. The van der Waals surface area contributed by atoms with Crippen LogP contribution in [0.3, 0.4) is 0 Å². The average molecular weight is 396 g/mol. The molecule has 1 aliphatic carbocycles. The summed E-state index contributed by atoms with van der Waals surface area (Å²) in [5.74, 6) is -0.281. The summed E-state index contributed by atoms with van der Waals surface area (Å²) < 4.78 is 1.88. The van der Waals surface area contributed by atoms with Crippen molar-refractivity contribution < 1.29 is 9.59 Å². The minimum absolute atomic E-state index is 0.0438. The topological polar surface area (TPSA) is 88.0 Å². The van der Waals surface area contributed by atoms with Crippen LogP contribution in [0.5, 0.6) is 0 Å². The Balaban J connectivity index is 1.39. The first-order valence-electron chi connectivity index (χ1n) is 10.6. The fraction of sp³-hybridized carbons (Fsp3) is 0.500. The van der Waals surface area contributed by atoms with Gasteiger partial charge in [0.1, 0.15) is 0 Å². The maximum Gasteiger partial charge on any atom is 0.276 e. The summed E-state index contributed by atoms with van der Waals surface area (Å²) in [6.45, 7) is 3.82. The number of aromatic nitrogens is 2. The van der Waals surface area contributed by atoms with Crippen LogP contribution in [0, 0.1) is 6.92 Å². The number of carbonyl (C=O) groups excluding carboxylic acids is 2. The lowest BCUT2D eigenvalue weighted by Crippen LogP contribution is -2.32. The molecule has 1 aromatic carbocycles. The van der Waals surface area contributed by atoms with Crippen molar-refractivity contribution in [1.29, 1.82) is 0 Å². The van der Waals surface area contributed by atoms with Gasteiger partial charge in [0.25, 0.3) is 11.8 Å². The maximum atomic E-state index is 12.6. The zero-order chi connectivity index (χ0) is 20.2. The molecule has 7 heteroatoms. The first kappa shape index (κ1) is 19.6. The third-order valence-corrected chi connectivity index (χ3v) is 5.91. The highest BCUT2D eigenvalue weighted by molar-refractivity contribution is 6.03. The molecule has 4 rings (SSSR count). The zero-order valence-corrected chi connectivity index (χ0v) is 16.9. The summed E-state index contributed by atoms with van der Waals surface area (Å²) in [5.41, 5.74) is 2.58. The van der Waals surface area contributed by atoms with E-state index in [0.29, 0.717) is 23.0 Å². The standard InChI is InChI=1S/C22H29N5O2/c1-15-13-16(21(28)24-17-5-2-3-6-17)8-9-19(15)25-22(29)20-10-12-27(26-20)18-7-4-11-23-14-18/h8-10,12-13,17-18,23H,2-7,11,14H2,1H3,(H,24,28)(H,25,29). The lowest BCUT2D eigenvalue weighted by molar-refractivity contribution is 0.0937. The lowest BCUT2D eigenvalue weighted by atomic mass is 10.1. The molecule has 1 saturated carbocycles. The van der Waals surface area contributed by atoms with E-state index in [2.05, 4.69) is 21.0 Å². The molecule has 1 unspecified atom stereocenters. The van der Waals surface area contributed by atoms with Gasteiger partial charge in [-0.15, -0.1) is 0 Å². The van der Waals surface area contributed by atoms with Crippen molar-refractivity contribution in [2.24, 2.45) is 0 Å². The molecule has 2 heterocycles. The monoisotopic (exact) mass is 395 g/mol. The van der Waals surface area contributed by atoms with Crippen molar-refractivity contribution in [3.8, 4) is 0 Å². The van der Waals surface area contributed by atoms with Gasteiger partial charge in [-0.3, -0.25) is 14.3 Å². The Labute approximate surface area is 171 Å². The molecule has 29 heavy (non-hydrogen) atoms. The summed E-state index contributed by atoms with van der Waals surface area (Å²) in [6, 6.07) is 7.72. The minimum Gasteiger partial charge on any atom is -0.349 e. The van der Waals surface area contributed by atoms with Crippen molar-refractivity contribution in [2.45, 2.75) is 57.5 Å². The fourth-order valence-corrected chi connectivity index (χ4v) is 4.19. The van der Waals surface area contributed by atoms with Crippen LogP contribution in [0.15, 0.2) is 30.5 Å². The summed E-state index contributed by atoms with van der Waals surface area (Å²) in [7, 11) is 0. The summed E-state index contributed by atoms with van der Waals surface area (Å²) in [4.78, 5) is 25.1. The van der Waals surface area contributed by atoms with Gasteiger partial charge in [-0.2, -0.15) is 5.10 Å². The van der Waals surface area contributed by atoms with Gasteiger partial charge in [0.15, 0.2) is 5.69 Å². The highest BCUT2D eigenvalue weighted by Gasteiger charge is 2.20. The smallest absolute Gasteiger partial charge is 0.276 e. The van der Waals surface area contributed by atoms with Crippen LogP contribution < -0.4 is 16.0 Å². The second kappa shape index (κ2) is 8.78. The molecule has 1 atom stereocenters. The Morgan fingerprint density at radius 3 is 2.66 bits per heavy atom.